The van der Waals surface area contributed by atoms with Crippen LogP contribution >= 0.6 is 0 Å². The van der Waals surface area contributed by atoms with Crippen molar-refractivity contribution in [2.24, 2.45) is 0 Å². The molecule has 2 heterocycles. The van der Waals surface area contributed by atoms with E-state index in [-0.39, 0.29) is 11.8 Å². The van der Waals surface area contributed by atoms with E-state index in [4.69, 9.17) is 0 Å². The molecule has 1 aliphatic heterocycles. The molecule has 0 unspecified atom stereocenters. The van der Waals surface area contributed by atoms with E-state index in [1.54, 1.807) is 4.57 Å². The number of hydrogen-bond acceptors (Lipinski definition) is 3. The molecule has 17 heavy (non-hydrogen) atoms. The molecule has 0 amide bonds. The van der Waals surface area contributed by atoms with Crippen molar-refractivity contribution in [3.05, 3.63) is 11.1 Å². The monoisotopic (exact) mass is 238 g/mol. The van der Waals surface area contributed by atoms with E-state index < -0.39 is 0 Å². The zero-order chi connectivity index (χ0) is 12.4. The minimum atomic E-state index is 0.206. The average Bonchev–Trinajstić information content (AvgIpc) is 2.54. The highest BCUT2D eigenvalue weighted by molar-refractivity contribution is 5.43. The minimum Gasteiger partial charge on any atom is -0.494 e. The van der Waals surface area contributed by atoms with Crippen LogP contribution in [0.15, 0.2) is 0 Å². The summed E-state index contributed by atoms with van der Waals surface area (Å²) in [6.45, 7) is 7.51. The van der Waals surface area contributed by atoms with Gasteiger partial charge in [-0.25, -0.2) is 0 Å². The van der Waals surface area contributed by atoms with E-state index in [9.17, 15) is 10.2 Å². The van der Waals surface area contributed by atoms with Gasteiger partial charge in [-0.15, -0.1) is 0 Å². The van der Waals surface area contributed by atoms with Gasteiger partial charge in [0.25, 0.3) is 0 Å². The second-order valence-electron chi connectivity index (χ2n) is 4.95. The van der Waals surface area contributed by atoms with E-state index in [1.807, 2.05) is 13.8 Å². The lowest BCUT2D eigenvalue weighted by Gasteiger charge is -2.26. The molecule has 4 heteroatoms. The lowest BCUT2D eigenvalue weighted by molar-refractivity contribution is 0.214. The fourth-order valence-electron chi connectivity index (χ4n) is 2.48. The van der Waals surface area contributed by atoms with Gasteiger partial charge >= 0.3 is 0 Å². The fraction of sp³-hybridized carbons (Fsp3) is 0.692. The summed E-state index contributed by atoms with van der Waals surface area (Å²) in [4.78, 5) is 2.40. The molecular weight excluding hydrogens is 216 g/mol. The Hall–Kier alpha value is -1.16. The smallest absolute Gasteiger partial charge is 0.197 e. The van der Waals surface area contributed by atoms with Gasteiger partial charge in [-0.05, 0) is 39.8 Å². The molecule has 0 aromatic carbocycles. The summed E-state index contributed by atoms with van der Waals surface area (Å²) >= 11 is 0. The summed E-state index contributed by atoms with van der Waals surface area (Å²) in [5, 5.41) is 19.8. The molecule has 96 valence electrons. The predicted octanol–water partition coefficient (Wildman–Crippen LogP) is 2.00. The number of hydrogen-bond donors (Lipinski definition) is 2. The third-order valence-corrected chi connectivity index (χ3v) is 3.83. The Balaban J connectivity index is 2.01. The molecule has 0 radical (unpaired) electrons. The third-order valence-electron chi connectivity index (χ3n) is 3.83. The maximum atomic E-state index is 9.91. The zero-order valence-electron chi connectivity index (χ0n) is 10.7. The highest BCUT2D eigenvalue weighted by atomic mass is 16.3. The molecule has 1 fully saturated rings. The summed E-state index contributed by atoms with van der Waals surface area (Å²) < 4.78 is 1.61. The Bertz CT molecular complexity index is 367. The SMILES string of the molecule is Cc1c(C)c(O)n(CCN2CCCCC2)c1O. The maximum Gasteiger partial charge on any atom is 0.197 e. The molecule has 0 saturated carbocycles. The Kier molecular flexibility index (Phi) is 3.62. The van der Waals surface area contributed by atoms with Crippen LogP contribution in [0, 0.1) is 13.8 Å². The van der Waals surface area contributed by atoms with Crippen LogP contribution in [0.4, 0.5) is 0 Å². The third kappa shape index (κ3) is 2.41. The van der Waals surface area contributed by atoms with Crippen molar-refractivity contribution >= 4 is 0 Å². The normalized spacial score (nSPS) is 17.5. The van der Waals surface area contributed by atoms with Gasteiger partial charge in [0.15, 0.2) is 11.8 Å². The molecule has 0 spiro atoms. The first kappa shape index (κ1) is 12.3. The van der Waals surface area contributed by atoms with Crippen molar-refractivity contribution in [1.82, 2.24) is 9.47 Å². The Morgan fingerprint density at radius 3 is 1.94 bits per heavy atom. The van der Waals surface area contributed by atoms with Crippen LogP contribution in [0.1, 0.15) is 30.4 Å². The first-order chi connectivity index (χ1) is 8.11. The lowest BCUT2D eigenvalue weighted by atomic mass is 10.1. The lowest BCUT2D eigenvalue weighted by Crippen LogP contribution is -2.32. The highest BCUT2D eigenvalue weighted by Gasteiger charge is 2.17. The van der Waals surface area contributed by atoms with Crippen molar-refractivity contribution in [3.8, 4) is 11.8 Å². The van der Waals surface area contributed by atoms with Gasteiger partial charge in [0, 0.05) is 24.2 Å². The van der Waals surface area contributed by atoms with Crippen molar-refractivity contribution in [1.29, 1.82) is 0 Å². The van der Waals surface area contributed by atoms with E-state index >= 15 is 0 Å². The summed E-state index contributed by atoms with van der Waals surface area (Å²) in [7, 11) is 0. The van der Waals surface area contributed by atoms with Gasteiger partial charge in [-0.1, -0.05) is 6.42 Å². The molecular formula is C13H22N2O2. The minimum absolute atomic E-state index is 0.206. The molecule has 1 aliphatic rings. The van der Waals surface area contributed by atoms with Crippen LogP contribution < -0.4 is 0 Å². The number of likely N-dealkylation sites (tertiary alicyclic amines) is 1. The maximum absolute atomic E-state index is 9.91. The molecule has 1 aromatic heterocycles. The van der Waals surface area contributed by atoms with Crippen LogP contribution in [-0.2, 0) is 6.54 Å². The number of rotatable bonds is 3. The van der Waals surface area contributed by atoms with Gasteiger partial charge < -0.3 is 15.1 Å². The molecule has 4 nitrogen and oxygen atoms in total. The first-order valence-corrected chi connectivity index (χ1v) is 6.41. The van der Waals surface area contributed by atoms with E-state index in [1.165, 1.54) is 19.3 Å². The molecule has 2 N–H and O–H groups in total. The van der Waals surface area contributed by atoms with Crippen LogP contribution in [0.5, 0.6) is 11.8 Å². The van der Waals surface area contributed by atoms with Gasteiger partial charge in [-0.3, -0.25) is 4.57 Å². The number of piperidine rings is 1. The number of aromatic hydroxyl groups is 2. The molecule has 0 aliphatic carbocycles. The standard InChI is InChI=1S/C13H22N2O2/c1-10-11(2)13(17)15(12(10)16)9-8-14-6-4-3-5-7-14/h16-17H,3-9H2,1-2H3. The van der Waals surface area contributed by atoms with E-state index in [0.29, 0.717) is 6.54 Å². The second kappa shape index (κ2) is 5.00. The average molecular weight is 238 g/mol. The van der Waals surface area contributed by atoms with Crippen LogP contribution in [0.25, 0.3) is 0 Å². The van der Waals surface area contributed by atoms with E-state index in [2.05, 4.69) is 4.90 Å². The molecule has 0 bridgehead atoms. The Morgan fingerprint density at radius 2 is 1.41 bits per heavy atom. The molecule has 2 rings (SSSR count). The fourth-order valence-corrected chi connectivity index (χ4v) is 2.48. The van der Waals surface area contributed by atoms with Crippen LogP contribution in [0.2, 0.25) is 0 Å². The molecule has 1 saturated heterocycles. The van der Waals surface area contributed by atoms with Crippen LogP contribution in [0.3, 0.4) is 0 Å². The molecule has 0 atom stereocenters. The summed E-state index contributed by atoms with van der Waals surface area (Å²) in [6, 6.07) is 0. The Morgan fingerprint density at radius 1 is 0.882 bits per heavy atom. The van der Waals surface area contributed by atoms with E-state index in [0.717, 1.165) is 30.8 Å². The van der Waals surface area contributed by atoms with Gasteiger partial charge in [0.05, 0.1) is 0 Å². The molecule has 1 aromatic rings. The van der Waals surface area contributed by atoms with Crippen molar-refractivity contribution in [2.75, 3.05) is 19.6 Å². The largest absolute Gasteiger partial charge is 0.494 e. The van der Waals surface area contributed by atoms with Crippen molar-refractivity contribution in [2.45, 2.75) is 39.7 Å². The van der Waals surface area contributed by atoms with Gasteiger partial charge in [0.2, 0.25) is 0 Å². The topological polar surface area (TPSA) is 48.6 Å². The van der Waals surface area contributed by atoms with Gasteiger partial charge in [0.1, 0.15) is 0 Å². The number of nitrogens with zero attached hydrogens (tertiary/aromatic N) is 2. The van der Waals surface area contributed by atoms with Crippen molar-refractivity contribution < 1.29 is 10.2 Å². The first-order valence-electron chi connectivity index (χ1n) is 6.41. The van der Waals surface area contributed by atoms with Crippen molar-refractivity contribution in [3.63, 3.8) is 0 Å². The Labute approximate surface area is 102 Å². The van der Waals surface area contributed by atoms with Crippen LogP contribution in [-0.4, -0.2) is 39.3 Å². The predicted molar refractivity (Wildman–Crippen MR) is 67.5 cm³/mol. The summed E-state index contributed by atoms with van der Waals surface area (Å²) in [6.07, 6.45) is 3.86. The second-order valence-corrected chi connectivity index (χ2v) is 4.95. The highest BCUT2D eigenvalue weighted by Crippen LogP contribution is 2.31. The quantitative estimate of drug-likeness (QED) is 0.846. The van der Waals surface area contributed by atoms with Gasteiger partial charge in [-0.2, -0.15) is 0 Å². The number of aromatic nitrogens is 1. The zero-order valence-corrected chi connectivity index (χ0v) is 10.7. The summed E-state index contributed by atoms with van der Waals surface area (Å²) in [5.41, 5.74) is 1.56. The summed E-state index contributed by atoms with van der Waals surface area (Å²) in [5.74, 6) is 0.411.